The quantitative estimate of drug-likeness (QED) is 0.617. The van der Waals surface area contributed by atoms with Crippen molar-refractivity contribution in [1.29, 1.82) is 0 Å². The summed E-state index contributed by atoms with van der Waals surface area (Å²) in [5.74, 6) is 0.309. The van der Waals surface area contributed by atoms with Crippen LogP contribution in [0, 0.1) is 10.1 Å². The van der Waals surface area contributed by atoms with Gasteiger partial charge < -0.3 is 15.0 Å². The maximum absolute atomic E-state index is 12.3. The van der Waals surface area contributed by atoms with Crippen molar-refractivity contribution in [2.45, 2.75) is 18.9 Å². The molecule has 1 aliphatic rings. The largest absolute Gasteiger partial charge is 0.490 e. The van der Waals surface area contributed by atoms with Gasteiger partial charge in [-0.2, -0.15) is 0 Å². The van der Waals surface area contributed by atoms with Crippen LogP contribution in [0.25, 0.3) is 0 Å². The molecule has 0 aliphatic carbocycles. The van der Waals surface area contributed by atoms with Crippen molar-refractivity contribution in [3.63, 3.8) is 0 Å². The smallest absolute Gasteiger partial charge is 0.288 e. The van der Waals surface area contributed by atoms with E-state index in [2.05, 4.69) is 17.3 Å². The van der Waals surface area contributed by atoms with Gasteiger partial charge in [0.15, 0.2) is 0 Å². The number of nitro benzene ring substituents is 1. The van der Waals surface area contributed by atoms with Crippen LogP contribution in [0.1, 0.15) is 23.2 Å². The van der Waals surface area contributed by atoms with Gasteiger partial charge in [-0.15, -0.1) is 0 Å². The van der Waals surface area contributed by atoms with Crippen LogP contribution >= 0.6 is 11.6 Å². The SMILES string of the molecule is CN1CCC(Oc2ccc(NC(=O)c3ccc(Cl)c([N+](=O)[O-])c3)cc2)CC1. The van der Waals surface area contributed by atoms with E-state index in [0.29, 0.717) is 5.69 Å². The van der Waals surface area contributed by atoms with Gasteiger partial charge in [0.05, 0.1) is 4.92 Å². The molecule has 2 aromatic carbocycles. The fourth-order valence-corrected chi connectivity index (χ4v) is 3.10. The molecule has 3 rings (SSSR count). The second-order valence-corrected chi connectivity index (χ2v) is 6.93. The molecule has 1 aliphatic heterocycles. The van der Waals surface area contributed by atoms with Crippen LogP contribution in [-0.2, 0) is 0 Å². The third-order valence-electron chi connectivity index (χ3n) is 4.49. The summed E-state index contributed by atoms with van der Waals surface area (Å²) in [4.78, 5) is 24.9. The van der Waals surface area contributed by atoms with Crippen LogP contribution in [0.2, 0.25) is 5.02 Å². The van der Waals surface area contributed by atoms with E-state index in [1.165, 1.54) is 12.1 Å². The summed E-state index contributed by atoms with van der Waals surface area (Å²) in [5.41, 5.74) is 0.442. The third-order valence-corrected chi connectivity index (χ3v) is 4.81. The van der Waals surface area contributed by atoms with E-state index in [9.17, 15) is 14.9 Å². The summed E-state index contributed by atoms with van der Waals surface area (Å²) in [7, 11) is 2.10. The van der Waals surface area contributed by atoms with Gasteiger partial charge in [0, 0.05) is 30.4 Å². The number of hydrogen-bond donors (Lipinski definition) is 1. The van der Waals surface area contributed by atoms with Gasteiger partial charge in [-0.25, -0.2) is 0 Å². The molecule has 0 bridgehead atoms. The number of benzene rings is 2. The Hall–Kier alpha value is -2.64. The highest BCUT2D eigenvalue weighted by Gasteiger charge is 2.18. The molecular formula is C19H20ClN3O4. The molecule has 1 N–H and O–H groups in total. The number of halogens is 1. The molecule has 0 radical (unpaired) electrons. The van der Waals surface area contributed by atoms with Crippen LogP contribution in [-0.4, -0.2) is 42.0 Å². The predicted octanol–water partition coefficient (Wildman–Crippen LogP) is 3.97. The van der Waals surface area contributed by atoms with Crippen molar-refractivity contribution in [3.05, 3.63) is 63.2 Å². The van der Waals surface area contributed by atoms with E-state index in [4.69, 9.17) is 16.3 Å². The first-order chi connectivity index (χ1) is 12.9. The monoisotopic (exact) mass is 389 g/mol. The maximum Gasteiger partial charge on any atom is 0.288 e. The fourth-order valence-electron chi connectivity index (χ4n) is 2.91. The predicted molar refractivity (Wildman–Crippen MR) is 104 cm³/mol. The number of nitrogens with zero attached hydrogens (tertiary/aromatic N) is 2. The number of likely N-dealkylation sites (tertiary alicyclic amines) is 1. The number of hydrogen-bond acceptors (Lipinski definition) is 5. The number of rotatable bonds is 5. The molecule has 0 saturated carbocycles. The number of nitrogens with one attached hydrogen (secondary N) is 1. The molecule has 1 heterocycles. The minimum absolute atomic E-state index is 0.00745. The van der Waals surface area contributed by atoms with Crippen molar-refractivity contribution in [3.8, 4) is 5.75 Å². The molecule has 1 amide bonds. The van der Waals surface area contributed by atoms with Crippen LogP contribution in [0.4, 0.5) is 11.4 Å². The first-order valence-corrected chi connectivity index (χ1v) is 9.01. The van der Waals surface area contributed by atoms with Gasteiger partial charge >= 0.3 is 0 Å². The average Bonchev–Trinajstić information content (AvgIpc) is 2.65. The summed E-state index contributed by atoms with van der Waals surface area (Å²) < 4.78 is 5.97. The first-order valence-electron chi connectivity index (χ1n) is 8.63. The summed E-state index contributed by atoms with van der Waals surface area (Å²) in [5, 5.41) is 13.7. The van der Waals surface area contributed by atoms with Crippen LogP contribution in [0.3, 0.4) is 0 Å². The lowest BCUT2D eigenvalue weighted by molar-refractivity contribution is -0.384. The van der Waals surface area contributed by atoms with Gasteiger partial charge in [0.2, 0.25) is 0 Å². The highest BCUT2D eigenvalue weighted by molar-refractivity contribution is 6.32. The van der Waals surface area contributed by atoms with Gasteiger partial charge in [-0.05, 0) is 56.3 Å². The number of piperidine rings is 1. The van der Waals surface area contributed by atoms with Crippen LogP contribution < -0.4 is 10.1 Å². The summed E-state index contributed by atoms with van der Waals surface area (Å²) in [6, 6.07) is 11.0. The molecule has 0 atom stereocenters. The first kappa shape index (κ1) is 19.1. The van der Waals surface area contributed by atoms with E-state index in [-0.39, 0.29) is 22.4 Å². The zero-order chi connectivity index (χ0) is 19.4. The minimum Gasteiger partial charge on any atom is -0.490 e. The van der Waals surface area contributed by atoms with E-state index in [0.717, 1.165) is 37.7 Å². The maximum atomic E-state index is 12.3. The van der Waals surface area contributed by atoms with Crippen LogP contribution in [0.5, 0.6) is 5.75 Å². The average molecular weight is 390 g/mol. The van der Waals surface area contributed by atoms with Gasteiger partial charge in [-0.1, -0.05) is 11.6 Å². The lowest BCUT2D eigenvalue weighted by Crippen LogP contribution is -2.35. The molecular weight excluding hydrogens is 370 g/mol. The molecule has 8 heteroatoms. The lowest BCUT2D eigenvalue weighted by atomic mass is 10.1. The summed E-state index contributed by atoms with van der Waals surface area (Å²) >= 11 is 5.77. The van der Waals surface area contributed by atoms with Crippen molar-refractivity contribution in [1.82, 2.24) is 4.90 Å². The van der Waals surface area contributed by atoms with Gasteiger partial charge in [0.1, 0.15) is 16.9 Å². The third kappa shape index (κ3) is 4.96. The van der Waals surface area contributed by atoms with E-state index in [1.54, 1.807) is 24.3 Å². The molecule has 1 fully saturated rings. The number of carbonyl (C=O) groups is 1. The highest BCUT2D eigenvalue weighted by Crippen LogP contribution is 2.26. The standard InChI is InChI=1S/C19H20ClN3O4/c1-22-10-8-16(9-11-22)27-15-5-3-14(4-6-15)21-19(24)13-2-7-17(20)18(12-13)23(25)26/h2-7,12,16H,8-11H2,1H3,(H,21,24). The fraction of sp³-hybridized carbons (Fsp3) is 0.316. The van der Waals surface area contributed by atoms with Crippen LogP contribution in [0.15, 0.2) is 42.5 Å². The Morgan fingerprint density at radius 1 is 1.22 bits per heavy atom. The van der Waals surface area contributed by atoms with Gasteiger partial charge in [0.25, 0.3) is 11.6 Å². The van der Waals surface area contributed by atoms with E-state index >= 15 is 0 Å². The zero-order valence-corrected chi connectivity index (χ0v) is 15.6. The molecule has 0 unspecified atom stereocenters. The number of ether oxygens (including phenoxy) is 1. The minimum atomic E-state index is -0.617. The highest BCUT2D eigenvalue weighted by atomic mass is 35.5. The topological polar surface area (TPSA) is 84.7 Å². The second-order valence-electron chi connectivity index (χ2n) is 6.52. The van der Waals surface area contributed by atoms with Crippen molar-refractivity contribution in [2.24, 2.45) is 0 Å². The second kappa shape index (κ2) is 8.37. The molecule has 2 aromatic rings. The Labute approximate surface area is 162 Å². The molecule has 1 saturated heterocycles. The Bertz CT molecular complexity index is 833. The number of amides is 1. The lowest BCUT2D eigenvalue weighted by Gasteiger charge is -2.29. The Morgan fingerprint density at radius 3 is 2.52 bits per heavy atom. The molecule has 0 aromatic heterocycles. The molecule has 27 heavy (non-hydrogen) atoms. The van der Waals surface area contributed by atoms with Crippen molar-refractivity contribution >= 4 is 28.9 Å². The molecule has 0 spiro atoms. The Kier molecular flexibility index (Phi) is 5.93. The number of nitro groups is 1. The number of carbonyl (C=O) groups excluding carboxylic acids is 1. The van der Waals surface area contributed by atoms with E-state index in [1.807, 2.05) is 0 Å². The number of anilines is 1. The summed E-state index contributed by atoms with van der Waals surface area (Å²) in [6.45, 7) is 2.04. The molecule has 7 nitrogen and oxygen atoms in total. The van der Waals surface area contributed by atoms with Crippen molar-refractivity contribution < 1.29 is 14.5 Å². The van der Waals surface area contributed by atoms with E-state index < -0.39 is 10.8 Å². The zero-order valence-electron chi connectivity index (χ0n) is 14.9. The Balaban J connectivity index is 1.62. The normalized spacial score (nSPS) is 15.3. The van der Waals surface area contributed by atoms with Crippen molar-refractivity contribution in [2.75, 3.05) is 25.5 Å². The molecule has 142 valence electrons. The Morgan fingerprint density at radius 2 is 1.89 bits per heavy atom. The summed E-state index contributed by atoms with van der Waals surface area (Å²) in [6.07, 6.45) is 2.19. The van der Waals surface area contributed by atoms with Gasteiger partial charge in [-0.3, -0.25) is 14.9 Å².